The SMILES string of the molecule is CCCC(=O)C(O)C(CC(=O)[C@@H](N)CC(C)C)Cc1ccccc1.CCCC(=O)C(O)C(CC(=O)[C@H](CC(C)C)NC(=O)OCCOC)Cc1ccccc1.COCCOC(=O)Cl.Cl. The highest BCUT2D eigenvalue weighted by atomic mass is 35.5. The Morgan fingerprint density at radius 1 is 0.625 bits per heavy atom. The molecule has 4 unspecified atom stereocenters. The Bertz CT molecular complexity index is 1580. The molecule has 0 heterocycles. The highest BCUT2D eigenvalue weighted by molar-refractivity contribution is 6.61. The molecular formula is C48H76Cl2N2O12. The first kappa shape index (κ1) is 62.3. The van der Waals surface area contributed by atoms with Gasteiger partial charge in [0, 0.05) is 63.3 Å². The van der Waals surface area contributed by atoms with Gasteiger partial charge in [-0.05, 0) is 61.5 Å². The molecule has 0 aromatic heterocycles. The van der Waals surface area contributed by atoms with Crippen molar-refractivity contribution in [1.82, 2.24) is 5.32 Å². The van der Waals surface area contributed by atoms with E-state index in [1.165, 1.54) is 14.2 Å². The summed E-state index contributed by atoms with van der Waals surface area (Å²) in [6, 6.07) is 17.8. The number of rotatable bonds is 29. The van der Waals surface area contributed by atoms with Gasteiger partial charge in [-0.25, -0.2) is 9.59 Å². The molecule has 0 saturated carbocycles. The molecule has 0 saturated heterocycles. The Balaban J connectivity index is 0. The number of ether oxygens (including phenoxy) is 4. The van der Waals surface area contributed by atoms with Crippen LogP contribution < -0.4 is 11.1 Å². The van der Waals surface area contributed by atoms with Gasteiger partial charge in [0.1, 0.15) is 31.2 Å². The van der Waals surface area contributed by atoms with Gasteiger partial charge in [-0.3, -0.25) is 19.2 Å². The fourth-order valence-electron chi connectivity index (χ4n) is 6.54. The van der Waals surface area contributed by atoms with E-state index in [1.54, 1.807) is 0 Å². The first-order valence-corrected chi connectivity index (χ1v) is 22.3. The van der Waals surface area contributed by atoms with Gasteiger partial charge in [0.25, 0.3) is 0 Å². The molecule has 0 aliphatic rings. The molecule has 364 valence electrons. The summed E-state index contributed by atoms with van der Waals surface area (Å²) in [7, 11) is 3.02. The van der Waals surface area contributed by atoms with Gasteiger partial charge < -0.3 is 40.2 Å². The highest BCUT2D eigenvalue weighted by Gasteiger charge is 2.32. The van der Waals surface area contributed by atoms with Crippen LogP contribution in [0.5, 0.6) is 0 Å². The summed E-state index contributed by atoms with van der Waals surface area (Å²) in [5, 5.41) is 23.8. The largest absolute Gasteiger partial charge is 0.451 e. The van der Waals surface area contributed by atoms with E-state index >= 15 is 0 Å². The summed E-state index contributed by atoms with van der Waals surface area (Å²) < 4.78 is 18.7. The van der Waals surface area contributed by atoms with E-state index in [0.717, 1.165) is 11.1 Å². The molecule has 64 heavy (non-hydrogen) atoms. The van der Waals surface area contributed by atoms with Crippen molar-refractivity contribution < 1.29 is 57.9 Å². The van der Waals surface area contributed by atoms with Crippen LogP contribution in [0, 0.1) is 23.7 Å². The van der Waals surface area contributed by atoms with Crippen molar-refractivity contribution in [3.05, 3.63) is 71.8 Å². The van der Waals surface area contributed by atoms with Crippen molar-refractivity contribution in [2.45, 2.75) is 130 Å². The van der Waals surface area contributed by atoms with E-state index in [4.69, 9.17) is 26.8 Å². The van der Waals surface area contributed by atoms with Gasteiger partial charge in [0.2, 0.25) is 0 Å². The molecule has 0 aliphatic carbocycles. The predicted molar refractivity (Wildman–Crippen MR) is 252 cm³/mol. The fourth-order valence-corrected chi connectivity index (χ4v) is 6.61. The first-order valence-electron chi connectivity index (χ1n) is 21.9. The molecule has 1 amide bonds. The first-order chi connectivity index (χ1) is 29.9. The minimum absolute atomic E-state index is 0. The summed E-state index contributed by atoms with van der Waals surface area (Å²) in [6.07, 6.45) is 0.982. The second kappa shape index (κ2) is 37.5. The number of hydrogen-bond donors (Lipinski definition) is 4. The van der Waals surface area contributed by atoms with E-state index in [-0.39, 0.29) is 80.5 Å². The van der Waals surface area contributed by atoms with Gasteiger partial charge in [0.15, 0.2) is 17.3 Å². The molecule has 0 aliphatic heterocycles. The van der Waals surface area contributed by atoms with Crippen LogP contribution in [0.25, 0.3) is 0 Å². The van der Waals surface area contributed by atoms with Crippen molar-refractivity contribution in [3.8, 4) is 0 Å². The van der Waals surface area contributed by atoms with Gasteiger partial charge in [-0.1, -0.05) is 102 Å². The normalized spacial score (nSPS) is 13.5. The van der Waals surface area contributed by atoms with Gasteiger partial charge >= 0.3 is 11.5 Å². The number of hydrogen-bond acceptors (Lipinski definition) is 13. The molecule has 0 fully saturated rings. The topological polar surface area (TPSA) is 218 Å². The van der Waals surface area contributed by atoms with Crippen LogP contribution in [0.15, 0.2) is 60.7 Å². The molecule has 2 aromatic carbocycles. The number of halogens is 2. The zero-order valence-electron chi connectivity index (χ0n) is 39.1. The third-order valence-electron chi connectivity index (χ3n) is 9.70. The number of alkyl carbamates (subject to hydrolysis) is 1. The van der Waals surface area contributed by atoms with E-state index in [0.29, 0.717) is 57.5 Å². The summed E-state index contributed by atoms with van der Waals surface area (Å²) in [5.74, 6) is -1.23. The Kier molecular flexibility index (Phi) is 36.5. The summed E-state index contributed by atoms with van der Waals surface area (Å²) in [6.45, 7) is 12.7. The average molecular weight is 944 g/mol. The van der Waals surface area contributed by atoms with Crippen molar-refractivity contribution in [2.24, 2.45) is 29.4 Å². The molecule has 0 radical (unpaired) electrons. The molecule has 6 atom stereocenters. The Morgan fingerprint density at radius 3 is 1.41 bits per heavy atom. The Labute approximate surface area is 392 Å². The zero-order valence-corrected chi connectivity index (χ0v) is 40.7. The van der Waals surface area contributed by atoms with Crippen LogP contribution >= 0.6 is 24.0 Å². The maximum atomic E-state index is 13.1. The molecule has 2 rings (SSSR count). The van der Waals surface area contributed by atoms with Crippen molar-refractivity contribution >= 4 is 58.7 Å². The second-order valence-corrected chi connectivity index (χ2v) is 16.6. The lowest BCUT2D eigenvalue weighted by molar-refractivity contribution is -0.132. The average Bonchev–Trinajstić information content (AvgIpc) is 3.23. The van der Waals surface area contributed by atoms with E-state index in [9.17, 15) is 39.0 Å². The van der Waals surface area contributed by atoms with Crippen LogP contribution in [0.4, 0.5) is 9.59 Å². The maximum absolute atomic E-state index is 13.1. The van der Waals surface area contributed by atoms with Crippen molar-refractivity contribution in [3.63, 3.8) is 0 Å². The van der Waals surface area contributed by atoms with Crippen LogP contribution in [-0.4, -0.2) is 110 Å². The number of nitrogens with two attached hydrogens (primary N) is 1. The molecule has 14 nitrogen and oxygen atoms in total. The number of aliphatic hydroxyl groups excluding tert-OH is 2. The molecule has 0 spiro atoms. The zero-order chi connectivity index (χ0) is 47.7. The molecule has 5 N–H and O–H groups in total. The number of carbonyl (C=O) groups excluding carboxylic acids is 6. The smallest absolute Gasteiger partial charge is 0.407 e. The van der Waals surface area contributed by atoms with E-state index in [2.05, 4.69) is 14.8 Å². The van der Waals surface area contributed by atoms with Crippen molar-refractivity contribution in [1.29, 1.82) is 0 Å². The van der Waals surface area contributed by atoms with Crippen molar-refractivity contribution in [2.75, 3.05) is 40.6 Å². The standard InChI is InChI=1S/C24H37NO6.C20H31NO3.C4H7ClO3.ClH/c1-5-9-21(26)23(28)19(15-18-10-7-6-8-11-18)16-22(27)20(14-17(2)3)25-24(29)31-13-12-30-4;1-4-8-18(22)20(24)16(12-15-9-6-5-7-10-15)13-19(23)17(21)11-14(2)3;1-7-2-3-8-4(5)6;/h6-8,10-11,17,19-20,23,28H,5,9,12-16H2,1-4H3,(H,25,29);5-7,9-10,14,16-17,20,24H,4,8,11-13,21H2,1-3H3;2-3H2,1H3;1H/t19?,20-,23?;16?,17-,20?;;/m00../s1. The van der Waals surface area contributed by atoms with Crippen LogP contribution in [0.2, 0.25) is 0 Å². The third kappa shape index (κ3) is 29.6. The minimum Gasteiger partial charge on any atom is -0.451 e. The number of carbonyl (C=O) groups is 6. The number of nitrogens with one attached hydrogen (secondary N) is 1. The number of methoxy groups -OCH3 is 2. The second-order valence-electron chi connectivity index (χ2n) is 16.3. The van der Waals surface area contributed by atoms with Crippen LogP contribution in [0.1, 0.15) is 104 Å². The van der Waals surface area contributed by atoms with Crippen LogP contribution in [0.3, 0.4) is 0 Å². The fraction of sp³-hybridized carbons (Fsp3) is 0.625. The quantitative estimate of drug-likeness (QED) is 0.0456. The lowest BCUT2D eigenvalue weighted by Crippen LogP contribution is -2.44. The predicted octanol–water partition coefficient (Wildman–Crippen LogP) is 7.66. The van der Waals surface area contributed by atoms with Gasteiger partial charge in [0.05, 0.1) is 25.3 Å². The molecule has 0 bridgehead atoms. The van der Waals surface area contributed by atoms with E-state index < -0.39 is 47.6 Å². The summed E-state index contributed by atoms with van der Waals surface area (Å²) >= 11 is 4.80. The Hall–Kier alpha value is -3.76. The summed E-state index contributed by atoms with van der Waals surface area (Å²) in [4.78, 5) is 71.9. The lowest BCUT2D eigenvalue weighted by atomic mass is 9.84. The third-order valence-corrected chi connectivity index (χ3v) is 9.81. The maximum Gasteiger partial charge on any atom is 0.407 e. The number of Topliss-reactive ketones (excluding diaryl/α,β-unsaturated/α-hetero) is 4. The highest BCUT2D eigenvalue weighted by Crippen LogP contribution is 2.23. The molecule has 16 heteroatoms. The number of benzene rings is 2. The summed E-state index contributed by atoms with van der Waals surface area (Å²) in [5.41, 5.74) is 7.14. The van der Waals surface area contributed by atoms with Gasteiger partial charge in [-0.2, -0.15) is 0 Å². The monoisotopic (exact) mass is 942 g/mol. The Morgan fingerprint density at radius 2 is 1.03 bits per heavy atom. The number of ketones is 4. The van der Waals surface area contributed by atoms with E-state index in [1.807, 2.05) is 102 Å². The number of amides is 1. The van der Waals surface area contributed by atoms with Crippen LogP contribution in [-0.2, 0) is 51.0 Å². The molecule has 2 aromatic rings. The molecular weight excluding hydrogens is 867 g/mol. The lowest BCUT2D eigenvalue weighted by Gasteiger charge is -2.25. The van der Waals surface area contributed by atoms with Gasteiger partial charge in [-0.15, -0.1) is 12.4 Å². The minimum atomic E-state index is -1.22. The number of aliphatic hydroxyl groups is 2.